The molecule has 2 rings (SSSR count). The first-order valence-electron chi connectivity index (χ1n) is 7.67. The first kappa shape index (κ1) is 16.5. The van der Waals surface area contributed by atoms with E-state index < -0.39 is 0 Å². The highest BCUT2D eigenvalue weighted by Crippen LogP contribution is 2.22. The first-order chi connectivity index (χ1) is 10.8. The Labute approximate surface area is 135 Å². The van der Waals surface area contributed by atoms with Crippen LogP contribution in [0, 0.1) is 0 Å². The lowest BCUT2D eigenvalue weighted by Gasteiger charge is -2.09. The smallest absolute Gasteiger partial charge is 0.191 e. The van der Waals surface area contributed by atoms with Crippen LogP contribution in [-0.4, -0.2) is 18.2 Å². The standard InChI is InChI=1S/C16H24N4OS/c1-4-13(5-2)15-8-14(21-20-15)10-19-16(17-3)18-9-12-6-7-22-11-12/h6-8,11,13H,4-5,9-10H2,1-3H3,(H2,17,18,19). The maximum Gasteiger partial charge on any atom is 0.191 e. The molecule has 0 radical (unpaired) electrons. The fourth-order valence-electron chi connectivity index (χ4n) is 2.28. The van der Waals surface area contributed by atoms with Crippen molar-refractivity contribution in [3.05, 3.63) is 39.9 Å². The molecule has 2 heterocycles. The summed E-state index contributed by atoms with van der Waals surface area (Å²) in [6.07, 6.45) is 2.17. The van der Waals surface area contributed by atoms with Crippen molar-refractivity contribution in [1.29, 1.82) is 0 Å². The van der Waals surface area contributed by atoms with Crippen LogP contribution in [0.1, 0.15) is 49.6 Å². The summed E-state index contributed by atoms with van der Waals surface area (Å²) in [6, 6.07) is 4.14. The minimum absolute atomic E-state index is 0.480. The van der Waals surface area contributed by atoms with Gasteiger partial charge < -0.3 is 15.2 Å². The van der Waals surface area contributed by atoms with Gasteiger partial charge in [-0.15, -0.1) is 0 Å². The van der Waals surface area contributed by atoms with Gasteiger partial charge in [0.1, 0.15) is 0 Å². The Morgan fingerprint density at radius 2 is 2.09 bits per heavy atom. The summed E-state index contributed by atoms with van der Waals surface area (Å²) in [5.41, 5.74) is 2.30. The molecular formula is C16H24N4OS. The van der Waals surface area contributed by atoms with Crippen LogP contribution < -0.4 is 10.6 Å². The molecule has 5 nitrogen and oxygen atoms in total. The van der Waals surface area contributed by atoms with Crippen molar-refractivity contribution in [3.8, 4) is 0 Å². The highest BCUT2D eigenvalue weighted by molar-refractivity contribution is 7.07. The van der Waals surface area contributed by atoms with Gasteiger partial charge >= 0.3 is 0 Å². The molecule has 0 saturated carbocycles. The predicted octanol–water partition coefficient (Wildman–Crippen LogP) is 3.50. The second kappa shape index (κ2) is 8.58. The van der Waals surface area contributed by atoms with E-state index >= 15 is 0 Å². The summed E-state index contributed by atoms with van der Waals surface area (Å²) in [6.45, 7) is 5.70. The van der Waals surface area contributed by atoms with Crippen molar-refractivity contribution in [2.75, 3.05) is 7.05 Å². The molecule has 0 saturated heterocycles. The van der Waals surface area contributed by atoms with Crippen molar-refractivity contribution in [2.45, 2.75) is 45.7 Å². The number of nitrogens with zero attached hydrogens (tertiary/aromatic N) is 2. The Morgan fingerprint density at radius 1 is 1.32 bits per heavy atom. The van der Waals surface area contributed by atoms with Crippen molar-refractivity contribution < 1.29 is 4.52 Å². The summed E-state index contributed by atoms with van der Waals surface area (Å²) in [5, 5.41) is 14.9. The van der Waals surface area contributed by atoms with Crippen LogP contribution in [0.15, 0.2) is 32.4 Å². The summed E-state index contributed by atoms with van der Waals surface area (Å²) < 4.78 is 5.40. The third-order valence-electron chi connectivity index (χ3n) is 3.67. The average molecular weight is 320 g/mol. The highest BCUT2D eigenvalue weighted by atomic mass is 32.1. The van der Waals surface area contributed by atoms with Crippen LogP contribution in [0.2, 0.25) is 0 Å². The lowest BCUT2D eigenvalue weighted by Crippen LogP contribution is -2.36. The van der Waals surface area contributed by atoms with E-state index in [-0.39, 0.29) is 0 Å². The zero-order chi connectivity index (χ0) is 15.8. The summed E-state index contributed by atoms with van der Waals surface area (Å²) in [5.74, 6) is 2.07. The van der Waals surface area contributed by atoms with E-state index in [1.165, 1.54) is 5.56 Å². The van der Waals surface area contributed by atoms with Crippen molar-refractivity contribution >= 4 is 17.3 Å². The Bertz CT molecular complexity index is 573. The van der Waals surface area contributed by atoms with E-state index in [9.17, 15) is 0 Å². The van der Waals surface area contributed by atoms with Gasteiger partial charge in [0.25, 0.3) is 0 Å². The molecule has 0 bridgehead atoms. The zero-order valence-electron chi connectivity index (χ0n) is 13.4. The quantitative estimate of drug-likeness (QED) is 0.605. The summed E-state index contributed by atoms with van der Waals surface area (Å²) in [4.78, 5) is 4.21. The molecule has 0 unspecified atom stereocenters. The van der Waals surface area contributed by atoms with Gasteiger partial charge in [-0.3, -0.25) is 4.99 Å². The average Bonchev–Trinajstić information content (AvgIpc) is 3.20. The third kappa shape index (κ3) is 4.59. The van der Waals surface area contributed by atoms with Crippen LogP contribution >= 0.6 is 11.3 Å². The molecule has 0 aliphatic rings. The molecule has 6 heteroatoms. The largest absolute Gasteiger partial charge is 0.359 e. The fourth-order valence-corrected chi connectivity index (χ4v) is 2.95. The molecule has 2 aromatic heterocycles. The van der Waals surface area contributed by atoms with Gasteiger partial charge in [-0.25, -0.2) is 0 Å². The molecule has 120 valence electrons. The number of aromatic nitrogens is 1. The van der Waals surface area contributed by atoms with E-state index in [0.717, 1.165) is 36.8 Å². The van der Waals surface area contributed by atoms with Crippen LogP contribution in [0.4, 0.5) is 0 Å². The minimum Gasteiger partial charge on any atom is -0.359 e. The second-order valence-electron chi connectivity index (χ2n) is 5.14. The molecule has 2 N–H and O–H groups in total. The molecule has 0 atom stereocenters. The van der Waals surface area contributed by atoms with E-state index in [1.807, 2.05) is 6.07 Å². The number of thiophene rings is 1. The maximum absolute atomic E-state index is 5.40. The van der Waals surface area contributed by atoms with Crippen LogP contribution in [0.25, 0.3) is 0 Å². The van der Waals surface area contributed by atoms with Crippen molar-refractivity contribution in [1.82, 2.24) is 15.8 Å². The van der Waals surface area contributed by atoms with Gasteiger partial charge in [0, 0.05) is 25.6 Å². The Hall–Kier alpha value is -1.82. The minimum atomic E-state index is 0.480. The monoisotopic (exact) mass is 320 g/mol. The van der Waals surface area contributed by atoms with E-state index in [0.29, 0.717) is 12.5 Å². The summed E-state index contributed by atoms with van der Waals surface area (Å²) >= 11 is 1.70. The molecule has 0 aliphatic heterocycles. The number of rotatable bonds is 7. The topological polar surface area (TPSA) is 62.5 Å². The maximum atomic E-state index is 5.40. The van der Waals surface area contributed by atoms with Gasteiger partial charge in [0.15, 0.2) is 11.7 Å². The second-order valence-corrected chi connectivity index (χ2v) is 5.92. The lowest BCUT2D eigenvalue weighted by molar-refractivity contribution is 0.368. The fraction of sp³-hybridized carbons (Fsp3) is 0.500. The Morgan fingerprint density at radius 3 is 2.73 bits per heavy atom. The summed E-state index contributed by atoms with van der Waals surface area (Å²) in [7, 11) is 1.76. The van der Waals surface area contributed by atoms with E-state index in [2.05, 4.69) is 51.5 Å². The van der Waals surface area contributed by atoms with Crippen LogP contribution in [0.3, 0.4) is 0 Å². The number of nitrogens with one attached hydrogen (secondary N) is 2. The molecule has 2 aromatic rings. The van der Waals surface area contributed by atoms with Gasteiger partial charge in [-0.2, -0.15) is 11.3 Å². The van der Waals surface area contributed by atoms with Gasteiger partial charge in [-0.1, -0.05) is 19.0 Å². The normalized spacial score (nSPS) is 11.9. The van der Waals surface area contributed by atoms with Gasteiger partial charge in [0.2, 0.25) is 0 Å². The number of guanidine groups is 1. The molecule has 0 spiro atoms. The van der Waals surface area contributed by atoms with Crippen LogP contribution in [0.5, 0.6) is 0 Å². The first-order valence-corrected chi connectivity index (χ1v) is 8.62. The van der Waals surface area contributed by atoms with E-state index in [4.69, 9.17) is 4.52 Å². The molecule has 0 amide bonds. The van der Waals surface area contributed by atoms with Crippen molar-refractivity contribution in [2.24, 2.45) is 4.99 Å². The third-order valence-corrected chi connectivity index (χ3v) is 4.41. The molecule has 22 heavy (non-hydrogen) atoms. The number of aliphatic imine (C=N–C) groups is 1. The lowest BCUT2D eigenvalue weighted by atomic mass is 9.99. The molecule has 0 aliphatic carbocycles. The highest BCUT2D eigenvalue weighted by Gasteiger charge is 2.13. The number of hydrogen-bond donors (Lipinski definition) is 2. The Balaban J connectivity index is 1.83. The van der Waals surface area contributed by atoms with Gasteiger partial charge in [-0.05, 0) is 35.2 Å². The van der Waals surface area contributed by atoms with Gasteiger partial charge in [0.05, 0.1) is 12.2 Å². The SMILES string of the molecule is CCC(CC)c1cc(CNC(=NC)NCc2ccsc2)on1. The van der Waals surface area contributed by atoms with Crippen LogP contribution in [-0.2, 0) is 13.1 Å². The number of hydrogen-bond acceptors (Lipinski definition) is 4. The predicted molar refractivity (Wildman–Crippen MR) is 91.2 cm³/mol. The molecule has 0 aromatic carbocycles. The Kier molecular flexibility index (Phi) is 6.45. The zero-order valence-corrected chi connectivity index (χ0v) is 14.2. The van der Waals surface area contributed by atoms with Crippen molar-refractivity contribution in [3.63, 3.8) is 0 Å². The molecular weight excluding hydrogens is 296 g/mol. The molecule has 0 fully saturated rings. The van der Waals surface area contributed by atoms with E-state index in [1.54, 1.807) is 18.4 Å².